The van der Waals surface area contributed by atoms with E-state index in [1.54, 1.807) is 25.4 Å². The number of nitrogens with zero attached hydrogens (tertiary/aromatic N) is 1. The highest BCUT2D eigenvalue weighted by Gasteiger charge is 2.26. The predicted molar refractivity (Wildman–Crippen MR) is 76.5 cm³/mol. The maximum Gasteiger partial charge on any atom is 0.254 e. The van der Waals surface area contributed by atoms with E-state index in [9.17, 15) is 9.59 Å². The number of amides is 2. The Labute approximate surface area is 118 Å². The van der Waals surface area contributed by atoms with Crippen LogP contribution in [0.1, 0.15) is 37.0 Å². The van der Waals surface area contributed by atoms with Crippen LogP contribution in [0.2, 0.25) is 0 Å². The van der Waals surface area contributed by atoms with Gasteiger partial charge < -0.3 is 16.0 Å². The number of aromatic nitrogens is 1. The third-order valence-electron chi connectivity index (χ3n) is 3.10. The van der Waals surface area contributed by atoms with E-state index in [4.69, 9.17) is 0 Å². The lowest BCUT2D eigenvalue weighted by Gasteiger charge is -2.15. The Morgan fingerprint density at radius 2 is 2.20 bits per heavy atom. The van der Waals surface area contributed by atoms with E-state index < -0.39 is 6.04 Å². The summed E-state index contributed by atoms with van der Waals surface area (Å²) in [5.74, 6) is -0.415. The summed E-state index contributed by atoms with van der Waals surface area (Å²) in [4.78, 5) is 28.0. The number of carbonyl (C=O) groups is 2. The summed E-state index contributed by atoms with van der Waals surface area (Å²) < 4.78 is 0. The summed E-state index contributed by atoms with van der Waals surface area (Å²) in [6, 6.07) is 1.38. The minimum absolute atomic E-state index is 0.139. The smallest absolute Gasteiger partial charge is 0.254 e. The van der Waals surface area contributed by atoms with Crippen LogP contribution >= 0.6 is 0 Å². The molecule has 3 N–H and O–H groups in total. The van der Waals surface area contributed by atoms with Crippen molar-refractivity contribution >= 4 is 17.5 Å². The molecule has 1 aliphatic carbocycles. The normalized spacial score (nSPS) is 15.3. The first-order valence-electron chi connectivity index (χ1n) is 6.91. The average molecular weight is 276 g/mol. The molecule has 1 aromatic heterocycles. The zero-order valence-electron chi connectivity index (χ0n) is 11.8. The van der Waals surface area contributed by atoms with Crippen LogP contribution in [0.25, 0.3) is 0 Å². The number of hydrogen-bond acceptors (Lipinski definition) is 4. The van der Waals surface area contributed by atoms with Crippen LogP contribution in [0.4, 0.5) is 5.69 Å². The molecule has 2 amide bonds. The zero-order chi connectivity index (χ0) is 14.5. The van der Waals surface area contributed by atoms with Gasteiger partial charge in [0.1, 0.15) is 6.04 Å². The van der Waals surface area contributed by atoms with Crippen LogP contribution in [0.15, 0.2) is 18.5 Å². The van der Waals surface area contributed by atoms with Gasteiger partial charge in [-0.3, -0.25) is 14.6 Å². The molecule has 2 rings (SSSR count). The minimum atomic E-state index is -0.550. The number of hydrogen-bond donors (Lipinski definition) is 3. The summed E-state index contributed by atoms with van der Waals surface area (Å²) >= 11 is 0. The quantitative estimate of drug-likeness (QED) is 0.721. The van der Waals surface area contributed by atoms with Gasteiger partial charge in [-0.25, -0.2) is 0 Å². The molecule has 1 fully saturated rings. The first-order chi connectivity index (χ1) is 9.61. The van der Waals surface area contributed by atoms with Gasteiger partial charge in [0.15, 0.2) is 0 Å². The van der Waals surface area contributed by atoms with E-state index >= 15 is 0 Å². The van der Waals surface area contributed by atoms with Gasteiger partial charge >= 0.3 is 0 Å². The van der Waals surface area contributed by atoms with Gasteiger partial charge in [0, 0.05) is 18.8 Å². The highest BCUT2D eigenvalue weighted by atomic mass is 16.2. The number of rotatable bonds is 6. The Morgan fingerprint density at radius 1 is 1.45 bits per heavy atom. The highest BCUT2D eigenvalue weighted by molar-refractivity contribution is 6.01. The molecule has 0 saturated heterocycles. The van der Waals surface area contributed by atoms with Crippen molar-refractivity contribution < 1.29 is 9.59 Å². The van der Waals surface area contributed by atoms with E-state index in [-0.39, 0.29) is 11.8 Å². The Bertz CT molecular complexity index is 500. The minimum Gasteiger partial charge on any atom is -0.383 e. The molecular formula is C14H20N4O2. The number of nitrogens with one attached hydrogen (secondary N) is 3. The third-order valence-corrected chi connectivity index (χ3v) is 3.10. The van der Waals surface area contributed by atoms with E-state index in [0.29, 0.717) is 23.8 Å². The molecule has 1 heterocycles. The van der Waals surface area contributed by atoms with Crippen molar-refractivity contribution in [2.24, 2.45) is 0 Å². The molecule has 1 unspecified atom stereocenters. The third kappa shape index (κ3) is 3.69. The van der Waals surface area contributed by atoms with E-state index in [1.807, 2.05) is 6.92 Å². The van der Waals surface area contributed by atoms with Crippen LogP contribution in [0, 0.1) is 0 Å². The molecule has 0 aliphatic heterocycles. The maximum absolute atomic E-state index is 12.2. The highest BCUT2D eigenvalue weighted by Crippen LogP contribution is 2.18. The van der Waals surface area contributed by atoms with Gasteiger partial charge in [0.05, 0.1) is 17.4 Å². The van der Waals surface area contributed by atoms with Crippen molar-refractivity contribution in [1.29, 1.82) is 0 Å². The average Bonchev–Trinajstić information content (AvgIpc) is 3.23. The molecule has 1 saturated carbocycles. The Kier molecular flexibility index (Phi) is 4.55. The maximum atomic E-state index is 12.2. The molecule has 6 nitrogen and oxygen atoms in total. The molecule has 1 atom stereocenters. The summed E-state index contributed by atoms with van der Waals surface area (Å²) in [5, 5.41) is 8.66. The standard InChI is InChI=1S/C14H20N4O2/c1-3-16-12-8-15-7-6-11(12)14(20)17-9(2)13(19)18-10-4-5-10/h6-10,16H,3-5H2,1-2H3,(H,17,20)(H,18,19). The lowest BCUT2D eigenvalue weighted by Crippen LogP contribution is -2.45. The Hall–Kier alpha value is -2.11. The number of carbonyl (C=O) groups excluding carboxylic acids is 2. The largest absolute Gasteiger partial charge is 0.383 e. The van der Waals surface area contributed by atoms with Crippen molar-refractivity contribution in [2.45, 2.75) is 38.8 Å². The van der Waals surface area contributed by atoms with E-state index in [2.05, 4.69) is 20.9 Å². The van der Waals surface area contributed by atoms with Crippen LogP contribution in [-0.4, -0.2) is 35.4 Å². The first kappa shape index (κ1) is 14.3. The summed E-state index contributed by atoms with van der Waals surface area (Å²) in [5.41, 5.74) is 1.16. The van der Waals surface area contributed by atoms with E-state index in [0.717, 1.165) is 12.8 Å². The fourth-order valence-electron chi connectivity index (χ4n) is 1.82. The van der Waals surface area contributed by atoms with Crippen molar-refractivity contribution in [3.63, 3.8) is 0 Å². The molecule has 1 aromatic rings. The van der Waals surface area contributed by atoms with Crippen molar-refractivity contribution in [3.05, 3.63) is 24.0 Å². The van der Waals surface area contributed by atoms with Crippen LogP contribution in [-0.2, 0) is 4.79 Å². The second-order valence-electron chi connectivity index (χ2n) is 4.93. The SMILES string of the molecule is CCNc1cnccc1C(=O)NC(C)C(=O)NC1CC1. The molecule has 1 aliphatic rings. The van der Waals surface area contributed by atoms with Gasteiger partial charge in [-0.05, 0) is 32.8 Å². The molecule has 0 aromatic carbocycles. The molecular weight excluding hydrogens is 256 g/mol. The second-order valence-corrected chi connectivity index (χ2v) is 4.93. The first-order valence-corrected chi connectivity index (χ1v) is 6.91. The van der Waals surface area contributed by atoms with Gasteiger partial charge in [0.25, 0.3) is 5.91 Å². The van der Waals surface area contributed by atoms with Crippen molar-refractivity contribution in [1.82, 2.24) is 15.6 Å². The topological polar surface area (TPSA) is 83.1 Å². The second kappa shape index (κ2) is 6.36. The van der Waals surface area contributed by atoms with Crippen LogP contribution in [0.5, 0.6) is 0 Å². The molecule has 0 radical (unpaired) electrons. The molecule has 108 valence electrons. The van der Waals surface area contributed by atoms with Crippen LogP contribution < -0.4 is 16.0 Å². The van der Waals surface area contributed by atoms with Gasteiger partial charge in [-0.15, -0.1) is 0 Å². The summed E-state index contributed by atoms with van der Waals surface area (Å²) in [6.45, 7) is 4.33. The van der Waals surface area contributed by atoms with E-state index in [1.165, 1.54) is 0 Å². The fraction of sp³-hybridized carbons (Fsp3) is 0.500. The summed E-state index contributed by atoms with van der Waals surface area (Å²) in [7, 11) is 0. The van der Waals surface area contributed by atoms with Crippen molar-refractivity contribution in [2.75, 3.05) is 11.9 Å². The number of pyridine rings is 1. The Balaban J connectivity index is 1.98. The van der Waals surface area contributed by atoms with Gasteiger partial charge in [-0.1, -0.05) is 0 Å². The predicted octanol–water partition coefficient (Wildman–Crippen LogP) is 0.910. The van der Waals surface area contributed by atoms with Gasteiger partial charge in [0.2, 0.25) is 5.91 Å². The molecule has 6 heteroatoms. The lowest BCUT2D eigenvalue weighted by molar-refractivity contribution is -0.122. The van der Waals surface area contributed by atoms with Gasteiger partial charge in [-0.2, -0.15) is 0 Å². The Morgan fingerprint density at radius 3 is 2.85 bits per heavy atom. The summed E-state index contributed by atoms with van der Waals surface area (Å²) in [6.07, 6.45) is 5.22. The molecule has 20 heavy (non-hydrogen) atoms. The van der Waals surface area contributed by atoms with Crippen LogP contribution in [0.3, 0.4) is 0 Å². The number of anilines is 1. The van der Waals surface area contributed by atoms with Crippen molar-refractivity contribution in [3.8, 4) is 0 Å². The fourth-order valence-corrected chi connectivity index (χ4v) is 1.82. The monoisotopic (exact) mass is 276 g/mol. The zero-order valence-corrected chi connectivity index (χ0v) is 11.8. The molecule has 0 spiro atoms. The lowest BCUT2D eigenvalue weighted by atomic mass is 10.2. The molecule has 0 bridgehead atoms.